The van der Waals surface area contributed by atoms with Crippen molar-refractivity contribution >= 4 is 6.21 Å². The molecule has 0 fully saturated rings. The summed E-state index contributed by atoms with van der Waals surface area (Å²) in [5.74, 6) is 0. The Morgan fingerprint density at radius 1 is 1.13 bits per heavy atom. The molecule has 80 valence electrons. The van der Waals surface area contributed by atoms with Gasteiger partial charge < -0.3 is 0 Å². The summed E-state index contributed by atoms with van der Waals surface area (Å²) in [4.78, 5) is 4.07. The zero-order chi connectivity index (χ0) is 10.9. The second-order valence-corrected chi connectivity index (χ2v) is 3.52. The van der Waals surface area contributed by atoms with E-state index in [2.05, 4.69) is 4.99 Å². The maximum absolute atomic E-state index is 12.4. The molecule has 0 aliphatic carbocycles. The molecule has 0 amide bonds. The lowest BCUT2D eigenvalue weighted by molar-refractivity contribution is -0.137. The van der Waals surface area contributed by atoms with E-state index in [1.165, 1.54) is 6.07 Å². The zero-order valence-corrected chi connectivity index (χ0v) is 8.01. The number of nitrogens with zero attached hydrogens (tertiary/aromatic N) is 1. The average molecular weight is 213 g/mol. The molecule has 1 aromatic rings. The summed E-state index contributed by atoms with van der Waals surface area (Å²) in [5, 5.41) is 0. The molecule has 0 bridgehead atoms. The Bertz CT molecular complexity index is 393. The Balaban J connectivity index is 2.39. The van der Waals surface area contributed by atoms with Gasteiger partial charge in [-0.25, -0.2) is 0 Å². The number of aliphatic imine (C=N–C) groups is 1. The van der Waals surface area contributed by atoms with Gasteiger partial charge in [0, 0.05) is 19.2 Å². The molecule has 1 aliphatic heterocycles. The van der Waals surface area contributed by atoms with Crippen LogP contribution in [0, 0.1) is 0 Å². The molecule has 0 unspecified atom stereocenters. The Kier molecular flexibility index (Phi) is 2.50. The molecule has 0 saturated carbocycles. The van der Waals surface area contributed by atoms with Crippen molar-refractivity contribution in [3.05, 3.63) is 34.9 Å². The van der Waals surface area contributed by atoms with Crippen LogP contribution in [-0.4, -0.2) is 12.8 Å². The van der Waals surface area contributed by atoms with Crippen LogP contribution >= 0.6 is 0 Å². The molecule has 0 radical (unpaired) electrons. The van der Waals surface area contributed by atoms with Gasteiger partial charge in [0.2, 0.25) is 0 Å². The monoisotopic (exact) mass is 213 g/mol. The van der Waals surface area contributed by atoms with E-state index >= 15 is 0 Å². The first-order valence-electron chi connectivity index (χ1n) is 4.74. The fourth-order valence-corrected chi connectivity index (χ4v) is 1.67. The number of rotatable bonds is 0. The normalized spacial score (nSPS) is 15.9. The molecule has 15 heavy (non-hydrogen) atoms. The third kappa shape index (κ3) is 2.19. The summed E-state index contributed by atoms with van der Waals surface area (Å²) in [5.41, 5.74) is 1.15. The van der Waals surface area contributed by atoms with Gasteiger partial charge in [0.05, 0.1) is 5.56 Å². The summed E-state index contributed by atoms with van der Waals surface area (Å²) in [6.07, 6.45) is -1.26. The van der Waals surface area contributed by atoms with E-state index in [1.54, 1.807) is 12.3 Å². The van der Waals surface area contributed by atoms with Crippen LogP contribution in [0.5, 0.6) is 0 Å². The first-order chi connectivity index (χ1) is 7.07. The molecule has 1 nitrogen and oxygen atoms in total. The highest BCUT2D eigenvalue weighted by Gasteiger charge is 2.30. The summed E-state index contributed by atoms with van der Waals surface area (Å²) in [7, 11) is 0. The third-order valence-corrected chi connectivity index (χ3v) is 2.48. The Morgan fingerprint density at radius 2 is 1.93 bits per heavy atom. The molecule has 1 heterocycles. The minimum Gasteiger partial charge on any atom is -0.297 e. The minimum absolute atomic E-state index is 0.567. The molecule has 0 saturated heterocycles. The molecular weight excluding hydrogens is 203 g/mol. The molecule has 0 spiro atoms. The first kappa shape index (κ1) is 10.2. The van der Waals surface area contributed by atoms with Crippen molar-refractivity contribution in [2.45, 2.75) is 19.0 Å². The van der Waals surface area contributed by atoms with Gasteiger partial charge in [0.15, 0.2) is 0 Å². The van der Waals surface area contributed by atoms with Crippen molar-refractivity contribution in [1.29, 1.82) is 0 Å². The number of fused-ring (bicyclic) bond motifs is 1. The predicted molar refractivity (Wildman–Crippen MR) is 52.2 cm³/mol. The largest absolute Gasteiger partial charge is 0.416 e. The van der Waals surface area contributed by atoms with Crippen LogP contribution < -0.4 is 0 Å². The lowest BCUT2D eigenvalue weighted by Gasteiger charge is -2.10. The van der Waals surface area contributed by atoms with E-state index in [0.29, 0.717) is 19.4 Å². The van der Waals surface area contributed by atoms with Crippen LogP contribution in [0.4, 0.5) is 13.2 Å². The van der Waals surface area contributed by atoms with Crippen LogP contribution in [0.15, 0.2) is 23.2 Å². The van der Waals surface area contributed by atoms with Gasteiger partial charge in [-0.15, -0.1) is 0 Å². The second-order valence-electron chi connectivity index (χ2n) is 3.52. The first-order valence-corrected chi connectivity index (χ1v) is 4.74. The average Bonchev–Trinajstić information content (AvgIpc) is 2.39. The molecule has 0 N–H and O–H groups in total. The SMILES string of the molecule is FC(F)(F)c1ccc2c(c1)CCN=CC2. The predicted octanol–water partition coefficient (Wildman–Crippen LogP) is 2.87. The van der Waals surface area contributed by atoms with Crippen LogP contribution in [0.1, 0.15) is 16.7 Å². The highest BCUT2D eigenvalue weighted by Crippen LogP contribution is 2.31. The van der Waals surface area contributed by atoms with Gasteiger partial charge in [0.25, 0.3) is 0 Å². The second kappa shape index (κ2) is 3.68. The van der Waals surface area contributed by atoms with E-state index in [-0.39, 0.29) is 0 Å². The van der Waals surface area contributed by atoms with E-state index < -0.39 is 11.7 Å². The molecule has 1 aromatic carbocycles. The Hall–Kier alpha value is -1.32. The van der Waals surface area contributed by atoms with Crippen molar-refractivity contribution < 1.29 is 13.2 Å². The topological polar surface area (TPSA) is 12.4 Å². The van der Waals surface area contributed by atoms with Crippen molar-refractivity contribution in [3.63, 3.8) is 0 Å². The lowest BCUT2D eigenvalue weighted by atomic mass is 10.00. The van der Waals surface area contributed by atoms with E-state index in [4.69, 9.17) is 0 Å². The quantitative estimate of drug-likeness (QED) is 0.628. The highest BCUT2D eigenvalue weighted by molar-refractivity contribution is 5.63. The van der Waals surface area contributed by atoms with Crippen molar-refractivity contribution in [2.75, 3.05) is 6.54 Å². The lowest BCUT2D eigenvalue weighted by Crippen LogP contribution is -2.07. The van der Waals surface area contributed by atoms with Crippen LogP contribution in [0.2, 0.25) is 0 Å². The van der Waals surface area contributed by atoms with Gasteiger partial charge in [-0.05, 0) is 29.7 Å². The van der Waals surface area contributed by atoms with E-state index in [1.807, 2.05) is 0 Å². The Morgan fingerprint density at radius 3 is 2.67 bits per heavy atom. The number of hydrogen-bond donors (Lipinski definition) is 0. The fraction of sp³-hybridized carbons (Fsp3) is 0.364. The molecule has 0 atom stereocenters. The van der Waals surface area contributed by atoms with Crippen LogP contribution in [0.3, 0.4) is 0 Å². The number of hydrogen-bond acceptors (Lipinski definition) is 1. The molecular formula is C11H10F3N. The summed E-state index contributed by atoms with van der Waals surface area (Å²) >= 11 is 0. The summed E-state index contributed by atoms with van der Waals surface area (Å²) in [6, 6.07) is 3.93. The van der Waals surface area contributed by atoms with Gasteiger partial charge >= 0.3 is 6.18 Å². The minimum atomic E-state index is -4.25. The molecule has 0 aromatic heterocycles. The van der Waals surface area contributed by atoms with Crippen molar-refractivity contribution in [2.24, 2.45) is 4.99 Å². The van der Waals surface area contributed by atoms with Crippen LogP contribution in [0.25, 0.3) is 0 Å². The molecule has 1 aliphatic rings. The third-order valence-electron chi connectivity index (χ3n) is 2.48. The summed E-state index contributed by atoms with van der Waals surface area (Å²) < 4.78 is 37.3. The highest BCUT2D eigenvalue weighted by atomic mass is 19.4. The van der Waals surface area contributed by atoms with Crippen LogP contribution in [-0.2, 0) is 19.0 Å². The zero-order valence-electron chi connectivity index (χ0n) is 8.01. The smallest absolute Gasteiger partial charge is 0.297 e. The molecule has 4 heteroatoms. The standard InChI is InChI=1S/C11H10F3N/c12-11(13,14)10-2-1-8-3-5-15-6-4-9(8)7-10/h1-2,5,7H,3-4,6H2. The number of alkyl halides is 3. The number of halogens is 3. The van der Waals surface area contributed by atoms with Gasteiger partial charge in [-0.3, -0.25) is 4.99 Å². The summed E-state index contributed by atoms with van der Waals surface area (Å²) in [6.45, 7) is 0.578. The van der Waals surface area contributed by atoms with E-state index in [0.717, 1.165) is 17.2 Å². The van der Waals surface area contributed by atoms with Gasteiger partial charge in [-0.2, -0.15) is 13.2 Å². The van der Waals surface area contributed by atoms with Crippen molar-refractivity contribution in [1.82, 2.24) is 0 Å². The van der Waals surface area contributed by atoms with E-state index in [9.17, 15) is 13.2 Å². The fourth-order valence-electron chi connectivity index (χ4n) is 1.67. The van der Waals surface area contributed by atoms with Gasteiger partial charge in [0.1, 0.15) is 0 Å². The molecule has 2 rings (SSSR count). The van der Waals surface area contributed by atoms with Gasteiger partial charge in [-0.1, -0.05) is 6.07 Å². The Labute approximate surface area is 85.6 Å². The maximum Gasteiger partial charge on any atom is 0.416 e. The number of benzene rings is 1. The van der Waals surface area contributed by atoms with Crippen molar-refractivity contribution in [3.8, 4) is 0 Å². The maximum atomic E-state index is 12.4.